The Bertz CT molecular complexity index is 3560. The van der Waals surface area contributed by atoms with Gasteiger partial charge >= 0.3 is 22.3 Å². The monoisotopic (exact) mass is 1540 g/mol. The van der Waals surface area contributed by atoms with E-state index in [2.05, 4.69) is 44.0 Å². The second kappa shape index (κ2) is 44.8. The number of aliphatic hydroxyl groups is 4. The van der Waals surface area contributed by atoms with E-state index in [1.807, 2.05) is 39.6 Å². The van der Waals surface area contributed by atoms with Crippen molar-refractivity contribution in [2.24, 2.45) is 17.3 Å². The zero-order valence-corrected chi connectivity index (χ0v) is 63.9. The van der Waals surface area contributed by atoms with E-state index in [9.17, 15) is 67.5 Å². The maximum absolute atomic E-state index is 15.0. The number of rotatable bonds is 45. The zero-order chi connectivity index (χ0) is 78.2. The van der Waals surface area contributed by atoms with Crippen LogP contribution >= 0.6 is 11.3 Å². The smallest absolute Gasteiger partial charge is 0.481 e. The summed E-state index contributed by atoms with van der Waals surface area (Å²) >= 11 is 1.01. The normalized spacial score (nSPS) is 20.5. The summed E-state index contributed by atoms with van der Waals surface area (Å²) in [4.78, 5) is 107. The lowest BCUT2D eigenvalue weighted by molar-refractivity contribution is -0.277. The molecule has 6 rings (SSSR count). The molecule has 1 aromatic heterocycles. The van der Waals surface area contributed by atoms with Crippen LogP contribution in [0.2, 0.25) is 0 Å². The molecule has 2 aliphatic heterocycles. The average molecular weight is 1540 g/mol. The first-order chi connectivity index (χ1) is 51.0. The Balaban J connectivity index is 1.09. The van der Waals surface area contributed by atoms with E-state index < -0.39 is 125 Å². The van der Waals surface area contributed by atoms with E-state index in [4.69, 9.17) is 52.8 Å². The van der Waals surface area contributed by atoms with Gasteiger partial charge in [0.15, 0.2) is 17.6 Å². The number of hydrogen-bond donors (Lipinski definition) is 9. The number of aromatic nitrogens is 1. The molecule has 3 heterocycles. The summed E-state index contributed by atoms with van der Waals surface area (Å²) in [6, 6.07) is 5.64. The maximum atomic E-state index is 15.0. The predicted molar refractivity (Wildman–Crippen MR) is 389 cm³/mol. The number of carboxylic acid groups (broad SMARTS) is 1. The first kappa shape index (κ1) is 88.3. The maximum Gasteiger partial charge on any atom is 0.501 e. The molecule has 5 amide bonds. The molecule has 2 aromatic carbocycles. The van der Waals surface area contributed by atoms with Crippen molar-refractivity contribution in [2.45, 2.75) is 205 Å². The Morgan fingerprint density at radius 2 is 1.54 bits per heavy atom. The number of nitrogens with one attached hydrogen (secondary N) is 4. The molecule has 3 aromatic rings. The minimum Gasteiger partial charge on any atom is -0.481 e. The SMILES string of the molecule is C#CCCCON(C(=O)[C@@H](NC(=O)[C@H]1CCCCN1C)[C@@H](C)CC)[C@H](C[C@@H](OC(C)=O)c1nc(C(=O)N[C@@H](Cc2ccc(OS(=O)(=O)Oc3cc(C(=O)NCCOCCOCCOCCNC(=O)COC4C#CCCCCC4)ccc3O[C@@H]3O[C@H](CO)[C@H](O)[C@H](O)[C@H]3O)cc2)CC(C)(C)C(=O)O)cs1)C(C)C. The van der Waals surface area contributed by atoms with Crippen molar-refractivity contribution in [3.05, 3.63) is 69.7 Å². The van der Waals surface area contributed by atoms with Gasteiger partial charge in [-0.15, -0.1) is 38.0 Å². The summed E-state index contributed by atoms with van der Waals surface area (Å²) in [6.07, 6.45) is 3.77. The number of likely N-dealkylation sites (N-methyl/N-ethyl adjacent to an activating group) is 1. The van der Waals surface area contributed by atoms with Crippen LogP contribution in [0.25, 0.3) is 0 Å². The highest BCUT2D eigenvalue weighted by molar-refractivity contribution is 7.82. The highest BCUT2D eigenvalue weighted by Crippen LogP contribution is 2.36. The summed E-state index contributed by atoms with van der Waals surface area (Å²) in [5.41, 5.74) is -1.20. The van der Waals surface area contributed by atoms with E-state index >= 15 is 0 Å². The lowest BCUT2D eigenvalue weighted by Gasteiger charge is -2.39. The topological polar surface area (TPSA) is 415 Å². The highest BCUT2D eigenvalue weighted by atomic mass is 32.3. The van der Waals surface area contributed by atoms with E-state index in [1.165, 1.54) is 61.5 Å². The quantitative estimate of drug-likeness (QED) is 0.0165. The first-order valence-corrected chi connectivity index (χ1v) is 38.5. The fourth-order valence-electron chi connectivity index (χ4n) is 11.9. The van der Waals surface area contributed by atoms with Crippen molar-refractivity contribution in [3.8, 4) is 41.4 Å². The first-order valence-electron chi connectivity index (χ1n) is 36.3. The van der Waals surface area contributed by atoms with Gasteiger partial charge in [-0.2, -0.15) is 0 Å². The number of amides is 5. The van der Waals surface area contributed by atoms with Crippen LogP contribution in [0.4, 0.5) is 0 Å². The number of ether oxygens (including phenoxy) is 7. The number of aliphatic carboxylic acids is 1. The van der Waals surface area contributed by atoms with Crippen LogP contribution in [0.15, 0.2) is 47.8 Å². The number of benzene rings is 2. The van der Waals surface area contributed by atoms with E-state index in [1.54, 1.807) is 0 Å². The minimum absolute atomic E-state index is 0.0134. The molecule has 2 fully saturated rings. The van der Waals surface area contributed by atoms with Gasteiger partial charge in [0.25, 0.3) is 17.7 Å². The van der Waals surface area contributed by atoms with Crippen molar-refractivity contribution < 1.29 is 114 Å². The van der Waals surface area contributed by atoms with Crippen LogP contribution in [0, 0.1) is 41.4 Å². The van der Waals surface area contributed by atoms with Crippen LogP contribution in [-0.4, -0.2) is 237 Å². The number of esters is 1. The molecule has 12 atom stereocenters. The Morgan fingerprint density at radius 3 is 2.20 bits per heavy atom. The molecule has 0 radical (unpaired) electrons. The molecule has 31 nitrogen and oxygen atoms in total. The van der Waals surface area contributed by atoms with Gasteiger partial charge in [-0.05, 0) is 127 Å². The number of terminal acetylenes is 1. The Morgan fingerprint density at radius 1 is 0.850 bits per heavy atom. The van der Waals surface area contributed by atoms with Gasteiger partial charge in [-0.25, -0.2) is 10.0 Å². The minimum atomic E-state index is -5.17. The van der Waals surface area contributed by atoms with Crippen molar-refractivity contribution in [2.75, 3.05) is 86.1 Å². The van der Waals surface area contributed by atoms with Crippen LogP contribution in [-0.2, 0) is 74.1 Å². The summed E-state index contributed by atoms with van der Waals surface area (Å²) in [6.45, 7) is 13.0. The standard InChI is InChI=1S/C74H107N7O24S2/c1-10-12-20-33-100-81(71(91)63(48(5)11-2)79-69(90)56-23-18-19-32-80(56)9)57(47(3)4)42-60(101-49(6)83)70-78-55(46-106-70)68(89)77-52(43-74(7,8)73(92)93)40-50-24-27-54(28-25-50)104-107(94,95)105-59-41-51(26-29-58(59)102-72-66(87)65(86)64(85)61(44-82)103-72)67(88)76-31-35-97-37-39-98-38-36-96-34-30-75-62(84)45-99-53-21-16-14-13-15-17-22-53/h1,24-29,41,46-48,52-53,56-57,60-61,63-66,72,82,85-87H,11-16,18-21,23,30-40,42-45H2,2-9H3,(H,75,84)(H,76,88)(H,77,89)(H,79,90)(H,92,93)/t48-,52-,53?,56+,57+,60+,61+,63-,64-,65-,66+,72+/m0/s1. The molecule has 0 saturated carbocycles. The molecular weight excluding hydrogens is 1430 g/mol. The van der Waals surface area contributed by atoms with Gasteiger partial charge in [0.1, 0.15) is 59.6 Å². The number of likely N-dealkylation sites (tertiary alicyclic amines) is 1. The Hall–Kier alpha value is -7.61. The number of hydrogen-bond acceptors (Lipinski definition) is 26. The third-order valence-corrected chi connectivity index (χ3v) is 19.9. The number of nitrogens with zero attached hydrogens (tertiary/aromatic N) is 3. The summed E-state index contributed by atoms with van der Waals surface area (Å²) in [5.74, 6) is 2.31. The molecule has 3 aliphatic rings. The Labute approximate surface area is 630 Å². The van der Waals surface area contributed by atoms with Gasteiger partial charge in [0, 0.05) is 56.3 Å². The molecular formula is C74H107N7O24S2. The Kier molecular flexibility index (Phi) is 36.9. The zero-order valence-electron chi connectivity index (χ0n) is 62.2. The number of carbonyl (C=O) groups is 7. The summed E-state index contributed by atoms with van der Waals surface area (Å²) < 4.78 is 77.7. The molecule has 33 heteroatoms. The van der Waals surface area contributed by atoms with Crippen LogP contribution in [0.5, 0.6) is 17.2 Å². The second-order valence-electron chi connectivity index (χ2n) is 27.5. The number of piperidine rings is 1. The fraction of sp³-hybridized carbons (Fsp3) is 0.649. The summed E-state index contributed by atoms with van der Waals surface area (Å²) in [7, 11) is -3.29. The van der Waals surface area contributed by atoms with Gasteiger partial charge < -0.3 is 88.3 Å². The highest BCUT2D eigenvalue weighted by Gasteiger charge is 2.46. The number of unbranched alkanes of at least 4 members (excludes halogenated alkanes) is 1. The average Bonchev–Trinajstić information content (AvgIpc) is 1.14. The molecule has 1 aliphatic carbocycles. The lowest BCUT2D eigenvalue weighted by Crippen LogP contribution is -2.60. The molecule has 2 saturated heterocycles. The van der Waals surface area contributed by atoms with E-state index in [0.29, 0.717) is 37.8 Å². The third kappa shape index (κ3) is 29.1. The van der Waals surface area contributed by atoms with Gasteiger partial charge in [-0.3, -0.25) is 43.3 Å². The van der Waals surface area contributed by atoms with Crippen molar-refractivity contribution in [1.82, 2.24) is 36.2 Å². The molecule has 594 valence electrons. The van der Waals surface area contributed by atoms with Gasteiger partial charge in [0.05, 0.1) is 70.4 Å². The number of carbonyl (C=O) groups excluding carboxylic acids is 6. The molecule has 9 N–H and O–H groups in total. The number of thiazole rings is 1. The van der Waals surface area contributed by atoms with Crippen molar-refractivity contribution in [1.29, 1.82) is 0 Å². The number of aliphatic hydroxyl groups excluding tert-OH is 4. The molecule has 107 heavy (non-hydrogen) atoms. The predicted octanol–water partition coefficient (Wildman–Crippen LogP) is 4.32. The van der Waals surface area contributed by atoms with Crippen molar-refractivity contribution >= 4 is 63.2 Å². The second-order valence-corrected chi connectivity index (χ2v) is 29.6. The lowest BCUT2D eigenvalue weighted by atomic mass is 9.84. The van der Waals surface area contributed by atoms with Crippen LogP contribution < -0.4 is 34.4 Å². The molecule has 0 spiro atoms. The number of hydroxylamine groups is 2. The summed E-state index contributed by atoms with van der Waals surface area (Å²) in [5, 5.41) is 66.0. The molecule has 1 unspecified atom stereocenters. The van der Waals surface area contributed by atoms with Crippen LogP contribution in [0.1, 0.15) is 169 Å². The van der Waals surface area contributed by atoms with E-state index in [0.717, 1.165) is 75.0 Å². The third-order valence-electron chi connectivity index (χ3n) is 18.2. The van der Waals surface area contributed by atoms with Gasteiger partial charge in [0.2, 0.25) is 18.1 Å². The number of carboxylic acids is 1. The largest absolute Gasteiger partial charge is 0.501 e. The van der Waals surface area contributed by atoms with E-state index in [-0.39, 0.29) is 130 Å². The fourth-order valence-corrected chi connectivity index (χ4v) is 13.4. The van der Waals surface area contributed by atoms with Crippen molar-refractivity contribution in [3.63, 3.8) is 0 Å². The van der Waals surface area contributed by atoms with Gasteiger partial charge in [-0.1, -0.05) is 65.0 Å². The van der Waals surface area contributed by atoms with Crippen LogP contribution in [0.3, 0.4) is 0 Å². The molecule has 0 bridgehead atoms.